The van der Waals surface area contributed by atoms with E-state index in [4.69, 9.17) is 0 Å². The molecule has 2 nitrogen and oxygen atoms in total. The quantitative estimate of drug-likeness (QED) is 0.699. The highest BCUT2D eigenvalue weighted by molar-refractivity contribution is 5.85. The van der Waals surface area contributed by atoms with Crippen LogP contribution in [0.1, 0.15) is 58.3 Å². The first kappa shape index (κ1) is 14.3. The molecule has 1 aliphatic carbocycles. The summed E-state index contributed by atoms with van der Waals surface area (Å²) >= 11 is 0. The lowest BCUT2D eigenvalue weighted by Crippen LogP contribution is -2.55. The minimum absolute atomic E-state index is 0. The Morgan fingerprint density at radius 2 is 1.69 bits per heavy atom. The number of nitrogens with one attached hydrogen (secondary N) is 1. The Morgan fingerprint density at radius 1 is 1.06 bits per heavy atom. The van der Waals surface area contributed by atoms with Gasteiger partial charge < -0.3 is 10.4 Å². The number of aliphatic hydroxyl groups is 1. The van der Waals surface area contributed by atoms with Gasteiger partial charge in [0.15, 0.2) is 0 Å². The molecule has 2 fully saturated rings. The predicted molar refractivity (Wildman–Crippen MR) is 70.1 cm³/mol. The van der Waals surface area contributed by atoms with Crippen molar-refractivity contribution >= 4 is 12.4 Å². The first-order valence-electron chi connectivity index (χ1n) is 6.64. The molecule has 1 saturated heterocycles. The molecule has 0 radical (unpaired) electrons. The molecular weight excluding hydrogens is 222 g/mol. The van der Waals surface area contributed by atoms with Crippen LogP contribution in [0, 0.1) is 5.92 Å². The van der Waals surface area contributed by atoms with Crippen molar-refractivity contribution in [1.82, 2.24) is 5.32 Å². The Hall–Kier alpha value is 0.210. The molecule has 1 saturated carbocycles. The molecule has 2 unspecified atom stereocenters. The molecule has 2 aliphatic rings. The van der Waals surface area contributed by atoms with Crippen molar-refractivity contribution in [2.45, 2.75) is 69.9 Å². The smallest absolute Gasteiger partial charge is 0.0569 e. The molecule has 0 aromatic heterocycles. The summed E-state index contributed by atoms with van der Waals surface area (Å²) < 4.78 is 0. The number of halogens is 1. The van der Waals surface area contributed by atoms with Crippen molar-refractivity contribution in [2.24, 2.45) is 5.92 Å². The highest BCUT2D eigenvalue weighted by atomic mass is 35.5. The average Bonchev–Trinajstić information content (AvgIpc) is 2.45. The molecule has 1 aliphatic heterocycles. The summed E-state index contributed by atoms with van der Waals surface area (Å²) in [7, 11) is 0. The maximum atomic E-state index is 9.81. The lowest BCUT2D eigenvalue weighted by molar-refractivity contribution is 0.0517. The Bertz CT molecular complexity index is 204. The fourth-order valence-electron chi connectivity index (χ4n) is 3.42. The van der Waals surface area contributed by atoms with Gasteiger partial charge in [-0.3, -0.25) is 0 Å². The van der Waals surface area contributed by atoms with Crippen LogP contribution >= 0.6 is 12.4 Å². The fraction of sp³-hybridized carbons (Fsp3) is 1.00. The van der Waals surface area contributed by atoms with E-state index in [2.05, 4.69) is 12.2 Å². The molecule has 0 amide bonds. The lowest BCUT2D eigenvalue weighted by Gasteiger charge is -2.43. The number of rotatable bonds is 1. The third-order valence-electron chi connectivity index (χ3n) is 4.42. The maximum absolute atomic E-state index is 9.81. The van der Waals surface area contributed by atoms with Crippen LogP contribution < -0.4 is 5.32 Å². The van der Waals surface area contributed by atoms with E-state index in [1.54, 1.807) is 0 Å². The Balaban J connectivity index is 0.00000128. The zero-order chi connectivity index (χ0) is 10.7. The summed E-state index contributed by atoms with van der Waals surface area (Å²) in [4.78, 5) is 0. The van der Waals surface area contributed by atoms with Gasteiger partial charge in [-0.05, 0) is 45.1 Å². The molecule has 1 heterocycles. The summed E-state index contributed by atoms with van der Waals surface area (Å²) in [6.07, 6.45) is 10.1. The third kappa shape index (κ3) is 3.35. The first-order valence-corrected chi connectivity index (χ1v) is 6.64. The molecule has 3 heteroatoms. The van der Waals surface area contributed by atoms with E-state index in [1.165, 1.54) is 38.5 Å². The van der Waals surface area contributed by atoms with Gasteiger partial charge in [-0.15, -0.1) is 12.4 Å². The van der Waals surface area contributed by atoms with Crippen molar-refractivity contribution in [2.75, 3.05) is 6.54 Å². The Labute approximate surface area is 106 Å². The Morgan fingerprint density at radius 3 is 2.25 bits per heavy atom. The van der Waals surface area contributed by atoms with Crippen molar-refractivity contribution in [3.05, 3.63) is 0 Å². The predicted octanol–water partition coefficient (Wildman–Crippen LogP) is 2.88. The van der Waals surface area contributed by atoms with Crippen LogP contribution in [0.2, 0.25) is 0 Å². The first-order chi connectivity index (χ1) is 7.21. The van der Waals surface area contributed by atoms with E-state index in [0.29, 0.717) is 0 Å². The van der Waals surface area contributed by atoms with E-state index < -0.39 is 0 Å². The van der Waals surface area contributed by atoms with Gasteiger partial charge in [-0.1, -0.05) is 25.7 Å². The summed E-state index contributed by atoms with van der Waals surface area (Å²) in [5, 5.41) is 13.5. The van der Waals surface area contributed by atoms with Crippen molar-refractivity contribution in [1.29, 1.82) is 0 Å². The fourth-order valence-corrected chi connectivity index (χ4v) is 3.42. The van der Waals surface area contributed by atoms with Gasteiger partial charge >= 0.3 is 0 Å². The van der Waals surface area contributed by atoms with Gasteiger partial charge in [0.25, 0.3) is 0 Å². The standard InChI is InChI=1S/C13H25NO.ClH/c1-13(10-12(15)8-9-14-13)11-6-4-2-3-5-7-11;/h11-12,14-15H,2-10H2,1H3;1H. The second kappa shape index (κ2) is 6.23. The minimum Gasteiger partial charge on any atom is -0.393 e. The number of hydrogen-bond donors (Lipinski definition) is 2. The van der Waals surface area contributed by atoms with Gasteiger partial charge in [0.1, 0.15) is 0 Å². The van der Waals surface area contributed by atoms with Crippen molar-refractivity contribution in [3.63, 3.8) is 0 Å². The highest BCUT2D eigenvalue weighted by Gasteiger charge is 2.37. The second-order valence-electron chi connectivity index (χ2n) is 5.68. The van der Waals surface area contributed by atoms with E-state index in [9.17, 15) is 5.11 Å². The van der Waals surface area contributed by atoms with Crippen LogP contribution in [0.5, 0.6) is 0 Å². The number of piperidine rings is 1. The minimum atomic E-state index is -0.0699. The van der Waals surface area contributed by atoms with Gasteiger partial charge in [0, 0.05) is 5.54 Å². The molecule has 2 atom stereocenters. The monoisotopic (exact) mass is 247 g/mol. The largest absolute Gasteiger partial charge is 0.393 e. The van der Waals surface area contributed by atoms with E-state index in [1.807, 2.05) is 0 Å². The van der Waals surface area contributed by atoms with Crippen molar-refractivity contribution < 1.29 is 5.11 Å². The Kier molecular flexibility index (Phi) is 5.55. The highest BCUT2D eigenvalue weighted by Crippen LogP contribution is 2.36. The van der Waals surface area contributed by atoms with Crippen molar-refractivity contribution in [3.8, 4) is 0 Å². The zero-order valence-electron chi connectivity index (χ0n) is 10.4. The van der Waals surface area contributed by atoms with Gasteiger partial charge in [-0.25, -0.2) is 0 Å². The normalized spacial score (nSPS) is 37.5. The third-order valence-corrected chi connectivity index (χ3v) is 4.42. The number of aliphatic hydroxyl groups excluding tert-OH is 1. The summed E-state index contributed by atoms with van der Waals surface area (Å²) in [6, 6.07) is 0. The van der Waals surface area contributed by atoms with Crippen LogP contribution in [0.15, 0.2) is 0 Å². The van der Waals surface area contributed by atoms with Crippen LogP contribution in [0.4, 0.5) is 0 Å². The van der Waals surface area contributed by atoms with E-state index >= 15 is 0 Å². The summed E-state index contributed by atoms with van der Waals surface area (Å²) in [6.45, 7) is 3.32. The van der Waals surface area contributed by atoms with Crippen LogP contribution in [0.25, 0.3) is 0 Å². The maximum Gasteiger partial charge on any atom is 0.0569 e. The summed E-state index contributed by atoms with van der Waals surface area (Å²) in [5.41, 5.74) is 0.210. The van der Waals surface area contributed by atoms with Crippen LogP contribution in [-0.4, -0.2) is 23.3 Å². The lowest BCUT2D eigenvalue weighted by atomic mass is 9.74. The number of hydrogen-bond acceptors (Lipinski definition) is 2. The SMILES string of the molecule is CC1(C2CCCCCC2)CC(O)CCN1.Cl. The molecule has 0 bridgehead atoms. The molecule has 96 valence electrons. The topological polar surface area (TPSA) is 32.3 Å². The average molecular weight is 248 g/mol. The summed E-state index contributed by atoms with van der Waals surface area (Å²) in [5.74, 6) is 0.787. The van der Waals surface area contributed by atoms with Crippen LogP contribution in [-0.2, 0) is 0 Å². The molecule has 16 heavy (non-hydrogen) atoms. The van der Waals surface area contributed by atoms with Gasteiger partial charge in [-0.2, -0.15) is 0 Å². The van der Waals surface area contributed by atoms with E-state index in [-0.39, 0.29) is 24.0 Å². The van der Waals surface area contributed by atoms with E-state index in [0.717, 1.165) is 25.3 Å². The zero-order valence-corrected chi connectivity index (χ0v) is 11.2. The molecular formula is C13H26ClNO. The molecule has 2 rings (SSSR count). The van der Waals surface area contributed by atoms with Crippen LogP contribution in [0.3, 0.4) is 0 Å². The van der Waals surface area contributed by atoms with Gasteiger partial charge in [0.2, 0.25) is 0 Å². The molecule has 0 spiro atoms. The molecule has 0 aromatic rings. The molecule has 0 aromatic carbocycles. The molecule has 2 N–H and O–H groups in total. The second-order valence-corrected chi connectivity index (χ2v) is 5.68. The van der Waals surface area contributed by atoms with Gasteiger partial charge in [0.05, 0.1) is 6.10 Å².